The van der Waals surface area contributed by atoms with E-state index in [9.17, 15) is 14.4 Å². The van der Waals surface area contributed by atoms with Crippen LogP contribution in [0.4, 0.5) is 4.79 Å². The average molecular weight is 492 g/mol. The van der Waals surface area contributed by atoms with Gasteiger partial charge in [-0.2, -0.15) is 0 Å². The highest BCUT2D eigenvalue weighted by molar-refractivity contribution is 7.09. The van der Waals surface area contributed by atoms with Gasteiger partial charge in [0.2, 0.25) is 0 Å². The first kappa shape index (κ1) is 24.2. The van der Waals surface area contributed by atoms with Crippen molar-refractivity contribution in [2.24, 2.45) is 0 Å². The minimum Gasteiger partial charge on any atom is -0.478 e. The molecular weight excluding hydrogens is 466 g/mol. The zero-order valence-electron chi connectivity index (χ0n) is 19.3. The van der Waals surface area contributed by atoms with Crippen LogP contribution < -0.4 is 10.6 Å². The Morgan fingerprint density at radius 2 is 1.74 bits per heavy atom. The molecule has 1 aliphatic carbocycles. The number of benzene rings is 2. The molecule has 2 aromatic carbocycles. The lowest BCUT2D eigenvalue weighted by atomic mass is 9.98. The second-order valence-corrected chi connectivity index (χ2v) is 9.05. The first-order valence-corrected chi connectivity index (χ1v) is 12.0. The summed E-state index contributed by atoms with van der Waals surface area (Å²) in [7, 11) is 0. The third kappa shape index (κ3) is 5.41. The Kier molecular flexibility index (Phi) is 7.26. The first-order chi connectivity index (χ1) is 16.8. The van der Waals surface area contributed by atoms with Crippen molar-refractivity contribution < 1.29 is 24.2 Å². The number of aliphatic carboxylic acids is 1. The fraction of sp³-hybridized carbons (Fsp3) is 0.231. The van der Waals surface area contributed by atoms with Gasteiger partial charge < -0.3 is 20.5 Å². The fourth-order valence-electron chi connectivity index (χ4n) is 3.94. The Morgan fingerprint density at radius 3 is 2.37 bits per heavy atom. The van der Waals surface area contributed by atoms with Crippen LogP contribution in [0.2, 0.25) is 0 Å². The summed E-state index contributed by atoms with van der Waals surface area (Å²) in [4.78, 5) is 39.9. The molecule has 1 atom stereocenters. The highest BCUT2D eigenvalue weighted by Gasteiger charge is 2.29. The maximum absolute atomic E-state index is 12.5. The number of carbonyl (C=O) groups excluding carboxylic acids is 2. The third-order valence-corrected chi connectivity index (χ3v) is 6.84. The van der Waals surface area contributed by atoms with E-state index in [1.165, 1.54) is 24.3 Å². The Bertz CT molecular complexity index is 1250. The molecule has 1 aromatic heterocycles. The van der Waals surface area contributed by atoms with Gasteiger partial charge in [0.25, 0.3) is 5.91 Å². The zero-order chi connectivity index (χ0) is 24.9. The number of alkyl carbamates (subject to hydrolysis) is 1. The van der Waals surface area contributed by atoms with E-state index in [4.69, 9.17) is 9.84 Å². The number of nitrogens with zero attached hydrogens (tertiary/aromatic N) is 1. The van der Waals surface area contributed by atoms with Crippen LogP contribution in [0.1, 0.15) is 52.4 Å². The highest BCUT2D eigenvalue weighted by atomic mass is 32.1. The molecule has 0 fully saturated rings. The van der Waals surface area contributed by atoms with Gasteiger partial charge >= 0.3 is 12.1 Å². The van der Waals surface area contributed by atoms with Crippen LogP contribution in [0.15, 0.2) is 65.6 Å². The van der Waals surface area contributed by atoms with Crippen molar-refractivity contribution >= 4 is 29.3 Å². The largest absolute Gasteiger partial charge is 0.478 e. The van der Waals surface area contributed by atoms with Gasteiger partial charge in [-0.15, -0.1) is 11.3 Å². The molecule has 0 bridgehead atoms. The number of nitrogens with one attached hydrogen (secondary N) is 2. The van der Waals surface area contributed by atoms with Crippen LogP contribution in [0.25, 0.3) is 11.1 Å². The smallest absolute Gasteiger partial charge is 0.407 e. The number of carbonyl (C=O) groups is 3. The van der Waals surface area contributed by atoms with E-state index < -0.39 is 24.0 Å². The molecule has 3 N–H and O–H groups in total. The molecule has 4 rings (SSSR count). The topological polar surface area (TPSA) is 118 Å². The maximum Gasteiger partial charge on any atom is 0.407 e. The van der Waals surface area contributed by atoms with Gasteiger partial charge in [0.1, 0.15) is 17.3 Å². The van der Waals surface area contributed by atoms with Crippen molar-refractivity contribution in [2.45, 2.75) is 25.8 Å². The standard InChI is InChI=1S/C26H25N3O5S/c1-15(25(31)32)11-12-27-23(30)22-14-35-24(29-22)16(2)28-26(33)34-13-21-19-9-5-3-7-17(19)18-8-4-6-10-20(18)21/h3-11,14,16,21H,12-13H2,1-2H3,(H,27,30)(H,28,33)(H,31,32)/b15-11+. The molecule has 1 aliphatic rings. The fourth-order valence-corrected chi connectivity index (χ4v) is 4.75. The number of thiazole rings is 1. The van der Waals surface area contributed by atoms with Crippen LogP contribution in [0.3, 0.4) is 0 Å². The van der Waals surface area contributed by atoms with Crippen molar-refractivity contribution in [1.29, 1.82) is 0 Å². The number of fused-ring (bicyclic) bond motifs is 3. The molecular formula is C26H25N3O5S. The number of carboxylic acids is 1. The number of rotatable bonds is 8. The van der Waals surface area contributed by atoms with Gasteiger partial charge in [-0.05, 0) is 36.1 Å². The molecule has 0 saturated heterocycles. The summed E-state index contributed by atoms with van der Waals surface area (Å²) in [5.74, 6) is -1.49. The van der Waals surface area contributed by atoms with Crippen molar-refractivity contribution in [3.8, 4) is 11.1 Å². The average Bonchev–Trinajstić information content (AvgIpc) is 3.46. The number of amides is 2. The Balaban J connectivity index is 1.32. The molecule has 0 spiro atoms. The number of hydrogen-bond donors (Lipinski definition) is 3. The van der Waals surface area contributed by atoms with E-state index >= 15 is 0 Å². The Hall–Kier alpha value is -3.98. The predicted molar refractivity (Wildman–Crippen MR) is 132 cm³/mol. The van der Waals surface area contributed by atoms with Gasteiger partial charge in [0.15, 0.2) is 0 Å². The monoisotopic (exact) mass is 491 g/mol. The Labute approximate surface area is 206 Å². The third-order valence-electron chi connectivity index (χ3n) is 5.81. The van der Waals surface area contributed by atoms with Crippen LogP contribution in [0.5, 0.6) is 0 Å². The number of hydrogen-bond acceptors (Lipinski definition) is 6. The first-order valence-electron chi connectivity index (χ1n) is 11.1. The number of aromatic nitrogens is 1. The number of carboxylic acid groups (broad SMARTS) is 1. The quantitative estimate of drug-likeness (QED) is 0.399. The van der Waals surface area contributed by atoms with Crippen LogP contribution in [-0.2, 0) is 9.53 Å². The van der Waals surface area contributed by atoms with Gasteiger partial charge in [-0.3, -0.25) is 4.79 Å². The normalized spacial score (nSPS) is 13.5. The SMILES string of the molecule is C/C(=C\CNC(=O)c1csc(C(C)NC(=O)OCC2c3ccccc3-c3ccccc32)n1)C(=O)O. The van der Waals surface area contributed by atoms with Crippen molar-refractivity contribution in [3.63, 3.8) is 0 Å². The molecule has 9 heteroatoms. The van der Waals surface area contributed by atoms with Crippen LogP contribution >= 0.6 is 11.3 Å². The minimum absolute atomic E-state index is 0.0302. The Morgan fingerprint density at radius 1 is 1.11 bits per heavy atom. The second-order valence-electron chi connectivity index (χ2n) is 8.16. The lowest BCUT2D eigenvalue weighted by Crippen LogP contribution is -2.29. The van der Waals surface area contributed by atoms with E-state index in [1.54, 1.807) is 12.3 Å². The van der Waals surface area contributed by atoms with Crippen LogP contribution in [0, 0.1) is 0 Å². The lowest BCUT2D eigenvalue weighted by Gasteiger charge is -2.16. The predicted octanol–water partition coefficient (Wildman–Crippen LogP) is 4.50. The van der Waals surface area contributed by atoms with E-state index in [2.05, 4.69) is 39.9 Å². The maximum atomic E-state index is 12.5. The number of ether oxygens (including phenoxy) is 1. The minimum atomic E-state index is -1.04. The van der Waals surface area contributed by atoms with E-state index in [0.717, 1.165) is 22.3 Å². The van der Waals surface area contributed by atoms with Crippen molar-refractivity contribution in [1.82, 2.24) is 15.6 Å². The highest BCUT2D eigenvalue weighted by Crippen LogP contribution is 2.44. The lowest BCUT2D eigenvalue weighted by molar-refractivity contribution is -0.132. The second kappa shape index (κ2) is 10.5. The van der Waals surface area contributed by atoms with E-state index in [-0.39, 0.29) is 30.3 Å². The summed E-state index contributed by atoms with van der Waals surface area (Å²) >= 11 is 1.25. The molecule has 2 amide bonds. The molecule has 8 nitrogen and oxygen atoms in total. The van der Waals surface area contributed by atoms with Gasteiger partial charge in [-0.25, -0.2) is 14.6 Å². The van der Waals surface area contributed by atoms with E-state index in [0.29, 0.717) is 5.01 Å². The zero-order valence-corrected chi connectivity index (χ0v) is 20.1. The van der Waals surface area contributed by atoms with Crippen molar-refractivity contribution in [3.05, 3.63) is 87.4 Å². The summed E-state index contributed by atoms with van der Waals surface area (Å²) in [6.07, 6.45) is 0.851. The van der Waals surface area contributed by atoms with Gasteiger partial charge in [0, 0.05) is 23.4 Å². The van der Waals surface area contributed by atoms with Crippen LogP contribution in [-0.4, -0.2) is 41.2 Å². The molecule has 1 heterocycles. The molecule has 35 heavy (non-hydrogen) atoms. The molecule has 0 aliphatic heterocycles. The molecule has 0 saturated carbocycles. The van der Waals surface area contributed by atoms with Gasteiger partial charge in [0.05, 0.1) is 6.04 Å². The molecule has 0 radical (unpaired) electrons. The summed E-state index contributed by atoms with van der Waals surface area (Å²) in [6, 6.07) is 15.8. The molecule has 1 unspecified atom stereocenters. The summed E-state index contributed by atoms with van der Waals surface area (Å²) in [5.41, 5.74) is 4.94. The van der Waals surface area contributed by atoms with Crippen molar-refractivity contribution in [2.75, 3.05) is 13.2 Å². The van der Waals surface area contributed by atoms with Gasteiger partial charge in [-0.1, -0.05) is 54.6 Å². The molecule has 3 aromatic rings. The summed E-state index contributed by atoms with van der Waals surface area (Å²) in [6.45, 7) is 3.51. The summed E-state index contributed by atoms with van der Waals surface area (Å²) in [5, 5.41) is 16.4. The van der Waals surface area contributed by atoms with E-state index in [1.807, 2.05) is 24.3 Å². The summed E-state index contributed by atoms with van der Waals surface area (Å²) < 4.78 is 5.57. The molecule has 180 valence electrons.